The fourth-order valence-corrected chi connectivity index (χ4v) is 2.37. The molecule has 1 heterocycles. The Morgan fingerprint density at radius 3 is 2.55 bits per heavy atom. The molecule has 1 aromatic rings. The number of hydrogen-bond acceptors (Lipinski definition) is 4. The van der Waals surface area contributed by atoms with Gasteiger partial charge in [-0.15, -0.1) is 0 Å². The maximum Gasteiger partial charge on any atom is 0.340 e. The highest BCUT2D eigenvalue weighted by Crippen LogP contribution is 2.36. The molecule has 0 aromatic carbocycles. The molecule has 0 N–H and O–H groups in total. The van der Waals surface area contributed by atoms with Gasteiger partial charge in [0.25, 0.3) is 0 Å². The van der Waals surface area contributed by atoms with Crippen LogP contribution in [0.3, 0.4) is 0 Å². The van der Waals surface area contributed by atoms with Gasteiger partial charge in [-0.25, -0.2) is 9.78 Å². The molecule has 0 aliphatic rings. The fraction of sp³-hybridized carbons (Fsp3) is 0.500. The number of nitrogens with zero attached hydrogens (tertiary/aromatic N) is 1. The van der Waals surface area contributed by atoms with Gasteiger partial charge in [-0.2, -0.15) is 0 Å². The first-order valence-electron chi connectivity index (χ1n) is 6.96. The average Bonchev–Trinajstić information content (AvgIpc) is 2.41. The van der Waals surface area contributed by atoms with Crippen molar-refractivity contribution in [3.05, 3.63) is 28.5 Å². The molecular weight excluding hydrogens is 318 g/mol. The summed E-state index contributed by atoms with van der Waals surface area (Å²) in [4.78, 5) is 15.7. The van der Waals surface area contributed by atoms with Crippen LogP contribution in [0.25, 0.3) is 0 Å². The SMILES string of the molecule is COC(=O)c1ccc(Cl)nc1C#CCO[Si](C)(C)C(C)(C)C. The lowest BCUT2D eigenvalue weighted by atomic mass is 10.2. The topological polar surface area (TPSA) is 48.4 Å². The van der Waals surface area contributed by atoms with Crippen molar-refractivity contribution < 1.29 is 14.0 Å². The van der Waals surface area contributed by atoms with Crippen molar-refractivity contribution in [3.63, 3.8) is 0 Å². The smallest absolute Gasteiger partial charge is 0.340 e. The van der Waals surface area contributed by atoms with Gasteiger partial charge in [-0.05, 0) is 36.2 Å². The van der Waals surface area contributed by atoms with Crippen LogP contribution < -0.4 is 0 Å². The molecule has 0 spiro atoms. The molecular formula is C16H22ClNO3Si. The van der Waals surface area contributed by atoms with Crippen molar-refractivity contribution in [3.8, 4) is 11.8 Å². The first kappa shape index (κ1) is 18.7. The number of carbonyl (C=O) groups excluding carboxylic acids is 1. The summed E-state index contributed by atoms with van der Waals surface area (Å²) in [6.45, 7) is 11.1. The third kappa shape index (κ3) is 4.84. The molecule has 6 heteroatoms. The highest BCUT2D eigenvalue weighted by atomic mass is 35.5. The van der Waals surface area contributed by atoms with Crippen molar-refractivity contribution in [1.29, 1.82) is 0 Å². The molecule has 0 atom stereocenters. The number of ether oxygens (including phenoxy) is 1. The minimum Gasteiger partial charge on any atom is -0.465 e. The van der Waals surface area contributed by atoms with Crippen LogP contribution in [0.4, 0.5) is 0 Å². The van der Waals surface area contributed by atoms with E-state index in [0.717, 1.165) is 0 Å². The van der Waals surface area contributed by atoms with Crippen molar-refractivity contribution in [2.45, 2.75) is 38.9 Å². The standard InChI is InChI=1S/C16H22ClNO3Si/c1-16(2,3)22(5,6)21-11-7-8-13-12(15(19)20-4)9-10-14(17)18-13/h9-10H,11H2,1-6H3. The summed E-state index contributed by atoms with van der Waals surface area (Å²) < 4.78 is 10.7. The van der Waals surface area contributed by atoms with E-state index in [4.69, 9.17) is 20.8 Å². The monoisotopic (exact) mass is 339 g/mol. The highest BCUT2D eigenvalue weighted by molar-refractivity contribution is 6.74. The maximum absolute atomic E-state index is 11.7. The zero-order valence-corrected chi connectivity index (χ0v) is 15.7. The Morgan fingerprint density at radius 1 is 1.36 bits per heavy atom. The maximum atomic E-state index is 11.7. The zero-order valence-electron chi connectivity index (χ0n) is 13.9. The predicted molar refractivity (Wildman–Crippen MR) is 90.6 cm³/mol. The van der Waals surface area contributed by atoms with E-state index in [1.165, 1.54) is 13.2 Å². The van der Waals surface area contributed by atoms with E-state index in [0.29, 0.717) is 17.9 Å². The number of halogens is 1. The Hall–Kier alpha value is -1.35. The van der Waals surface area contributed by atoms with Crippen LogP contribution in [0.1, 0.15) is 36.8 Å². The second-order valence-electron chi connectivity index (χ2n) is 6.37. The lowest BCUT2D eigenvalue weighted by molar-refractivity contribution is 0.0600. The minimum atomic E-state index is -1.84. The first-order chi connectivity index (χ1) is 10.1. The predicted octanol–water partition coefficient (Wildman–Crippen LogP) is 3.89. The number of aromatic nitrogens is 1. The molecule has 0 aliphatic carbocycles. The summed E-state index contributed by atoms with van der Waals surface area (Å²) in [5, 5.41) is 0.405. The van der Waals surface area contributed by atoms with Gasteiger partial charge >= 0.3 is 5.97 Å². The van der Waals surface area contributed by atoms with Crippen LogP contribution in [0.2, 0.25) is 23.3 Å². The van der Waals surface area contributed by atoms with Crippen LogP contribution in [-0.4, -0.2) is 33.0 Å². The molecule has 0 bridgehead atoms. The van der Waals surface area contributed by atoms with Gasteiger partial charge in [-0.1, -0.05) is 38.3 Å². The van der Waals surface area contributed by atoms with E-state index in [9.17, 15) is 4.79 Å². The highest BCUT2D eigenvalue weighted by Gasteiger charge is 2.36. The number of esters is 1. The van der Waals surface area contributed by atoms with Crippen LogP contribution in [0.5, 0.6) is 0 Å². The lowest BCUT2D eigenvalue weighted by Crippen LogP contribution is -2.40. The molecule has 22 heavy (non-hydrogen) atoms. The molecule has 0 unspecified atom stereocenters. The van der Waals surface area contributed by atoms with Crippen LogP contribution >= 0.6 is 11.6 Å². The van der Waals surface area contributed by atoms with E-state index in [1.807, 2.05) is 0 Å². The second-order valence-corrected chi connectivity index (χ2v) is 11.6. The molecule has 0 saturated carbocycles. The van der Waals surface area contributed by atoms with Gasteiger partial charge in [-0.3, -0.25) is 0 Å². The Balaban J connectivity index is 2.89. The third-order valence-electron chi connectivity index (χ3n) is 3.78. The van der Waals surface area contributed by atoms with Gasteiger partial charge < -0.3 is 9.16 Å². The molecule has 0 aliphatic heterocycles. The molecule has 4 nitrogen and oxygen atoms in total. The summed E-state index contributed by atoms with van der Waals surface area (Å²) in [7, 11) is -0.523. The zero-order chi connectivity index (χ0) is 17.0. The van der Waals surface area contributed by atoms with E-state index < -0.39 is 14.3 Å². The normalized spacial score (nSPS) is 11.6. The van der Waals surface area contributed by atoms with Crippen LogP contribution in [0.15, 0.2) is 12.1 Å². The number of rotatable bonds is 3. The van der Waals surface area contributed by atoms with Crippen molar-refractivity contribution >= 4 is 25.9 Å². The number of hydrogen-bond donors (Lipinski definition) is 0. The summed E-state index contributed by atoms with van der Waals surface area (Å²) >= 11 is 5.85. The fourth-order valence-electron chi connectivity index (χ4n) is 1.36. The van der Waals surface area contributed by atoms with Crippen LogP contribution in [0, 0.1) is 11.8 Å². The van der Waals surface area contributed by atoms with Crippen LogP contribution in [-0.2, 0) is 9.16 Å². The van der Waals surface area contributed by atoms with E-state index in [2.05, 4.69) is 50.7 Å². The summed E-state index contributed by atoms with van der Waals surface area (Å²) in [5.74, 6) is 5.27. The van der Waals surface area contributed by atoms with Crippen molar-refractivity contribution in [2.75, 3.05) is 13.7 Å². The first-order valence-corrected chi connectivity index (χ1v) is 10.2. The van der Waals surface area contributed by atoms with E-state index in [-0.39, 0.29) is 10.2 Å². The van der Waals surface area contributed by atoms with E-state index >= 15 is 0 Å². The largest absolute Gasteiger partial charge is 0.465 e. The number of carbonyl (C=O) groups is 1. The Morgan fingerprint density at radius 2 is 2.00 bits per heavy atom. The molecule has 120 valence electrons. The molecule has 1 aromatic heterocycles. The molecule has 0 radical (unpaired) electrons. The summed E-state index contributed by atoms with van der Waals surface area (Å²) in [6, 6.07) is 3.09. The van der Waals surface area contributed by atoms with Crippen molar-refractivity contribution in [2.24, 2.45) is 0 Å². The molecule has 0 fully saturated rings. The average molecular weight is 340 g/mol. The summed E-state index contributed by atoms with van der Waals surface area (Å²) in [5.41, 5.74) is 0.602. The number of methoxy groups -OCH3 is 1. The number of pyridine rings is 1. The van der Waals surface area contributed by atoms with Gasteiger partial charge in [0.05, 0.1) is 19.3 Å². The van der Waals surface area contributed by atoms with Gasteiger partial charge in [0.15, 0.2) is 8.32 Å². The van der Waals surface area contributed by atoms with E-state index in [1.54, 1.807) is 6.07 Å². The summed E-state index contributed by atoms with van der Waals surface area (Å²) in [6.07, 6.45) is 0. The Bertz CT molecular complexity index is 612. The minimum absolute atomic E-state index is 0.125. The molecule has 1 rings (SSSR count). The Labute approximate surface area is 138 Å². The van der Waals surface area contributed by atoms with Gasteiger partial charge in [0.2, 0.25) is 0 Å². The second kappa shape index (κ2) is 7.27. The quantitative estimate of drug-likeness (QED) is 0.363. The van der Waals surface area contributed by atoms with Crippen molar-refractivity contribution in [1.82, 2.24) is 4.98 Å². The Kier molecular flexibility index (Phi) is 6.18. The van der Waals surface area contributed by atoms with Gasteiger partial charge in [0.1, 0.15) is 10.8 Å². The molecule has 0 amide bonds. The van der Waals surface area contributed by atoms with Gasteiger partial charge in [0, 0.05) is 0 Å². The lowest BCUT2D eigenvalue weighted by Gasteiger charge is -2.35. The molecule has 0 saturated heterocycles. The third-order valence-corrected chi connectivity index (χ3v) is 8.47.